The summed E-state index contributed by atoms with van der Waals surface area (Å²) in [5, 5.41) is 17.7. The minimum absolute atomic E-state index is 0.110. The molecule has 0 saturated heterocycles. The average molecular weight is 301 g/mol. The highest BCUT2D eigenvalue weighted by atomic mass is 35.5. The molecule has 0 saturated carbocycles. The first-order valence-corrected chi connectivity index (χ1v) is 7.28. The lowest BCUT2D eigenvalue weighted by Crippen LogP contribution is -2.18. The van der Waals surface area contributed by atoms with Gasteiger partial charge < -0.3 is 15.7 Å². The standard InChI is InChI=1S/C17H17ClN2O/c1-19-15(11-6-3-2-4-7-11)13-10-14(18)12-8-5-9-20-16(12)17(13)21/h2-8,10,15,19-21H,9H2,1H3. The van der Waals surface area contributed by atoms with E-state index >= 15 is 0 Å². The smallest absolute Gasteiger partial charge is 0.144 e. The van der Waals surface area contributed by atoms with Gasteiger partial charge in [-0.1, -0.05) is 54.1 Å². The number of nitrogens with one attached hydrogen (secondary N) is 2. The van der Waals surface area contributed by atoms with Crippen molar-refractivity contribution in [1.82, 2.24) is 5.32 Å². The number of fused-ring (bicyclic) bond motifs is 1. The highest BCUT2D eigenvalue weighted by Crippen LogP contribution is 2.42. The van der Waals surface area contributed by atoms with E-state index in [1.54, 1.807) is 0 Å². The highest BCUT2D eigenvalue weighted by Gasteiger charge is 2.22. The van der Waals surface area contributed by atoms with E-state index < -0.39 is 0 Å². The number of hydrogen-bond acceptors (Lipinski definition) is 3. The summed E-state index contributed by atoms with van der Waals surface area (Å²) in [5.74, 6) is 0.252. The fraction of sp³-hybridized carbons (Fsp3) is 0.176. The van der Waals surface area contributed by atoms with Crippen molar-refractivity contribution in [3.05, 3.63) is 64.2 Å². The number of anilines is 1. The molecule has 21 heavy (non-hydrogen) atoms. The summed E-state index contributed by atoms with van der Waals surface area (Å²) in [6.07, 6.45) is 3.93. The molecule has 3 rings (SSSR count). The summed E-state index contributed by atoms with van der Waals surface area (Å²) in [6.45, 7) is 0.690. The van der Waals surface area contributed by atoms with E-state index in [1.165, 1.54) is 0 Å². The molecule has 108 valence electrons. The third-order valence-corrected chi connectivity index (χ3v) is 4.05. The van der Waals surface area contributed by atoms with Crippen LogP contribution in [0.2, 0.25) is 5.02 Å². The normalized spacial score (nSPS) is 14.4. The van der Waals surface area contributed by atoms with Crippen molar-refractivity contribution in [1.29, 1.82) is 0 Å². The molecule has 0 fully saturated rings. The third kappa shape index (κ3) is 2.50. The second-order valence-corrected chi connectivity index (χ2v) is 5.41. The van der Waals surface area contributed by atoms with E-state index in [0.717, 1.165) is 16.7 Å². The lowest BCUT2D eigenvalue weighted by atomic mass is 9.94. The van der Waals surface area contributed by atoms with Gasteiger partial charge in [-0.3, -0.25) is 0 Å². The van der Waals surface area contributed by atoms with Crippen LogP contribution in [-0.2, 0) is 0 Å². The lowest BCUT2D eigenvalue weighted by Gasteiger charge is -2.23. The number of halogens is 1. The summed E-state index contributed by atoms with van der Waals surface area (Å²) in [6, 6.07) is 11.7. The fourth-order valence-electron chi connectivity index (χ4n) is 2.72. The van der Waals surface area contributed by atoms with Gasteiger partial charge in [0.2, 0.25) is 0 Å². The Morgan fingerprint density at radius 2 is 2.05 bits per heavy atom. The molecule has 2 aromatic carbocycles. The molecule has 0 radical (unpaired) electrons. The molecule has 1 unspecified atom stereocenters. The van der Waals surface area contributed by atoms with Crippen LogP contribution < -0.4 is 10.6 Å². The Kier molecular flexibility index (Phi) is 3.86. The zero-order valence-electron chi connectivity index (χ0n) is 11.7. The third-order valence-electron chi connectivity index (χ3n) is 3.73. The maximum atomic E-state index is 10.6. The molecule has 0 aromatic heterocycles. The number of rotatable bonds is 3. The zero-order valence-corrected chi connectivity index (χ0v) is 12.5. The Labute approximate surface area is 129 Å². The van der Waals surface area contributed by atoms with Crippen LogP contribution in [-0.4, -0.2) is 18.7 Å². The minimum Gasteiger partial charge on any atom is -0.505 e. The molecule has 1 aliphatic rings. The first-order chi connectivity index (χ1) is 10.2. The Morgan fingerprint density at radius 1 is 1.29 bits per heavy atom. The Morgan fingerprint density at radius 3 is 2.76 bits per heavy atom. The van der Waals surface area contributed by atoms with Gasteiger partial charge in [-0.15, -0.1) is 0 Å². The van der Waals surface area contributed by atoms with E-state index in [0.29, 0.717) is 17.3 Å². The number of hydrogen-bond donors (Lipinski definition) is 3. The van der Waals surface area contributed by atoms with Crippen LogP contribution in [0.5, 0.6) is 5.75 Å². The molecule has 3 N–H and O–H groups in total. The molecule has 3 nitrogen and oxygen atoms in total. The Balaban J connectivity index is 2.14. The van der Waals surface area contributed by atoms with E-state index in [-0.39, 0.29) is 11.8 Å². The van der Waals surface area contributed by atoms with E-state index in [4.69, 9.17) is 11.6 Å². The quantitative estimate of drug-likeness (QED) is 0.756. The number of benzene rings is 2. The van der Waals surface area contributed by atoms with Crippen LogP contribution in [0.15, 0.2) is 42.5 Å². The van der Waals surface area contributed by atoms with Gasteiger partial charge in [0, 0.05) is 17.7 Å². The summed E-state index contributed by atoms with van der Waals surface area (Å²) in [7, 11) is 1.87. The van der Waals surface area contributed by atoms with Gasteiger partial charge in [-0.05, 0) is 18.7 Å². The molecule has 4 heteroatoms. The van der Waals surface area contributed by atoms with Crippen LogP contribution in [0.1, 0.15) is 22.7 Å². The van der Waals surface area contributed by atoms with Crippen molar-refractivity contribution in [3.8, 4) is 5.75 Å². The van der Waals surface area contributed by atoms with Gasteiger partial charge in [-0.2, -0.15) is 0 Å². The first kappa shape index (κ1) is 14.0. The fourth-order valence-corrected chi connectivity index (χ4v) is 3.00. The SMILES string of the molecule is CNC(c1ccccc1)c1cc(Cl)c2c(c1O)NCC=C2. The van der Waals surface area contributed by atoms with E-state index in [2.05, 4.69) is 10.6 Å². The predicted octanol–water partition coefficient (Wildman–Crippen LogP) is 3.79. The van der Waals surface area contributed by atoms with Gasteiger partial charge in [0.25, 0.3) is 0 Å². The molecule has 2 aromatic rings. The Hall–Kier alpha value is -1.97. The van der Waals surface area contributed by atoms with Gasteiger partial charge in [0.05, 0.1) is 16.8 Å². The largest absolute Gasteiger partial charge is 0.505 e. The van der Waals surface area contributed by atoms with Gasteiger partial charge >= 0.3 is 0 Å². The van der Waals surface area contributed by atoms with Crippen molar-refractivity contribution < 1.29 is 5.11 Å². The number of phenols is 1. The highest BCUT2D eigenvalue weighted by molar-refractivity contribution is 6.33. The minimum atomic E-state index is -0.110. The van der Waals surface area contributed by atoms with Crippen LogP contribution in [0.4, 0.5) is 5.69 Å². The first-order valence-electron chi connectivity index (χ1n) is 6.90. The van der Waals surface area contributed by atoms with Crippen molar-refractivity contribution >= 4 is 23.4 Å². The van der Waals surface area contributed by atoms with Crippen LogP contribution in [0.3, 0.4) is 0 Å². The summed E-state index contributed by atoms with van der Waals surface area (Å²) >= 11 is 6.38. The zero-order chi connectivity index (χ0) is 14.8. The molecular formula is C17H17ClN2O. The maximum absolute atomic E-state index is 10.6. The molecule has 1 heterocycles. The number of aromatic hydroxyl groups is 1. The van der Waals surface area contributed by atoms with Gasteiger partial charge in [0.15, 0.2) is 0 Å². The molecule has 0 spiro atoms. The molecule has 1 aliphatic heterocycles. The summed E-state index contributed by atoms with van der Waals surface area (Å²) in [5.41, 5.74) is 3.40. The van der Waals surface area contributed by atoms with Crippen LogP contribution in [0, 0.1) is 0 Å². The summed E-state index contributed by atoms with van der Waals surface area (Å²) in [4.78, 5) is 0. The van der Waals surface area contributed by atoms with Gasteiger partial charge in [0.1, 0.15) is 5.75 Å². The topological polar surface area (TPSA) is 44.3 Å². The van der Waals surface area contributed by atoms with Gasteiger partial charge in [-0.25, -0.2) is 0 Å². The second-order valence-electron chi connectivity index (χ2n) is 5.00. The van der Waals surface area contributed by atoms with E-state index in [1.807, 2.05) is 55.6 Å². The van der Waals surface area contributed by atoms with Crippen molar-refractivity contribution in [2.24, 2.45) is 0 Å². The van der Waals surface area contributed by atoms with Crippen LogP contribution in [0.25, 0.3) is 6.08 Å². The molecule has 0 aliphatic carbocycles. The molecule has 0 amide bonds. The molecule has 1 atom stereocenters. The number of phenolic OH excluding ortho intramolecular Hbond substituents is 1. The summed E-state index contributed by atoms with van der Waals surface area (Å²) < 4.78 is 0. The Bertz CT molecular complexity index is 683. The van der Waals surface area contributed by atoms with Crippen molar-refractivity contribution in [2.45, 2.75) is 6.04 Å². The van der Waals surface area contributed by atoms with Crippen LogP contribution >= 0.6 is 11.6 Å². The lowest BCUT2D eigenvalue weighted by molar-refractivity contribution is 0.462. The second kappa shape index (κ2) is 5.80. The maximum Gasteiger partial charge on any atom is 0.144 e. The molecular weight excluding hydrogens is 284 g/mol. The predicted molar refractivity (Wildman–Crippen MR) is 88.0 cm³/mol. The average Bonchev–Trinajstić information content (AvgIpc) is 2.54. The monoisotopic (exact) mass is 300 g/mol. The van der Waals surface area contributed by atoms with Crippen molar-refractivity contribution in [3.63, 3.8) is 0 Å². The van der Waals surface area contributed by atoms with E-state index in [9.17, 15) is 5.11 Å². The molecule has 0 bridgehead atoms. The van der Waals surface area contributed by atoms with Crippen molar-refractivity contribution in [2.75, 3.05) is 18.9 Å².